The van der Waals surface area contributed by atoms with E-state index in [1.165, 1.54) is 34.7 Å². The summed E-state index contributed by atoms with van der Waals surface area (Å²) in [5.74, 6) is -0.221. The van der Waals surface area contributed by atoms with Gasteiger partial charge < -0.3 is 5.32 Å². The molecule has 1 aliphatic rings. The normalized spacial score (nSPS) is 16.8. The van der Waals surface area contributed by atoms with E-state index < -0.39 is 4.92 Å². The fourth-order valence-corrected chi connectivity index (χ4v) is 5.31. The number of thiophene rings is 1. The van der Waals surface area contributed by atoms with Gasteiger partial charge in [-0.3, -0.25) is 24.7 Å². The van der Waals surface area contributed by atoms with Crippen molar-refractivity contribution in [2.24, 2.45) is 0 Å². The number of carbonyl (C=O) groups excluding carboxylic acids is 1. The fraction of sp³-hybridized carbons (Fsp3) is 0.320. The number of piperazine rings is 1. The van der Waals surface area contributed by atoms with Gasteiger partial charge >= 0.3 is 0 Å². The van der Waals surface area contributed by atoms with Crippen LogP contribution in [0.15, 0.2) is 72.1 Å². The Morgan fingerprint density at radius 1 is 1.03 bits per heavy atom. The molecular weight excluding hydrogens is 436 g/mol. The summed E-state index contributed by atoms with van der Waals surface area (Å²) < 4.78 is 0. The molecule has 0 aliphatic carbocycles. The van der Waals surface area contributed by atoms with Crippen LogP contribution in [-0.2, 0) is 6.54 Å². The van der Waals surface area contributed by atoms with Crippen LogP contribution in [0.25, 0.3) is 0 Å². The number of hydrogen-bond donors (Lipinski definition) is 1. The van der Waals surface area contributed by atoms with Crippen LogP contribution in [0.5, 0.6) is 0 Å². The van der Waals surface area contributed by atoms with Crippen LogP contribution in [0, 0.1) is 10.1 Å². The van der Waals surface area contributed by atoms with Crippen molar-refractivity contribution < 1.29 is 9.72 Å². The second-order valence-corrected chi connectivity index (χ2v) is 9.30. The molecule has 172 valence electrons. The molecule has 2 atom stereocenters. The Labute approximate surface area is 197 Å². The molecule has 1 saturated heterocycles. The van der Waals surface area contributed by atoms with Crippen molar-refractivity contribution in [2.75, 3.05) is 26.2 Å². The molecule has 2 heterocycles. The molecule has 1 aliphatic heterocycles. The van der Waals surface area contributed by atoms with Crippen LogP contribution < -0.4 is 5.32 Å². The predicted molar refractivity (Wildman–Crippen MR) is 130 cm³/mol. The molecule has 1 aromatic heterocycles. The summed E-state index contributed by atoms with van der Waals surface area (Å²) in [5.41, 5.74) is 1.72. The molecule has 0 saturated carbocycles. The van der Waals surface area contributed by atoms with E-state index in [1.54, 1.807) is 11.3 Å². The smallest absolute Gasteiger partial charge is 0.269 e. The molecular formula is C25H28N4O3S. The van der Waals surface area contributed by atoms with E-state index in [1.807, 2.05) is 19.1 Å². The third-order valence-electron chi connectivity index (χ3n) is 6.06. The van der Waals surface area contributed by atoms with Gasteiger partial charge in [0.25, 0.3) is 11.6 Å². The van der Waals surface area contributed by atoms with E-state index in [2.05, 4.69) is 50.8 Å². The number of nitro groups is 1. The SMILES string of the molecule is C[C@H](NC(=O)c1ccc([N+](=O)[O-])cc1)[C@@H](c1cccs1)N1CCN(Cc2ccccc2)CC1. The molecule has 33 heavy (non-hydrogen) atoms. The highest BCUT2D eigenvalue weighted by Gasteiger charge is 2.31. The second-order valence-electron chi connectivity index (χ2n) is 8.32. The first-order valence-electron chi connectivity index (χ1n) is 11.1. The zero-order valence-electron chi connectivity index (χ0n) is 18.6. The Morgan fingerprint density at radius 3 is 2.33 bits per heavy atom. The van der Waals surface area contributed by atoms with Crippen LogP contribution >= 0.6 is 11.3 Å². The maximum Gasteiger partial charge on any atom is 0.269 e. The van der Waals surface area contributed by atoms with Gasteiger partial charge in [0, 0.05) is 61.3 Å². The molecule has 7 nitrogen and oxygen atoms in total. The molecule has 0 radical (unpaired) electrons. The number of nitrogens with one attached hydrogen (secondary N) is 1. The number of hydrogen-bond acceptors (Lipinski definition) is 6. The summed E-state index contributed by atoms with van der Waals surface area (Å²) in [7, 11) is 0. The highest BCUT2D eigenvalue weighted by Crippen LogP contribution is 2.30. The van der Waals surface area contributed by atoms with E-state index in [9.17, 15) is 14.9 Å². The average molecular weight is 465 g/mol. The minimum absolute atomic E-state index is 0.0237. The van der Waals surface area contributed by atoms with Crippen molar-refractivity contribution >= 4 is 22.9 Å². The fourth-order valence-electron chi connectivity index (χ4n) is 4.35. The first kappa shape index (κ1) is 23.1. The van der Waals surface area contributed by atoms with Crippen LogP contribution in [0.4, 0.5) is 5.69 Å². The Bertz CT molecular complexity index is 1050. The number of non-ortho nitro benzene ring substituents is 1. The third kappa shape index (κ3) is 5.84. The van der Waals surface area contributed by atoms with Crippen LogP contribution in [-0.4, -0.2) is 52.9 Å². The molecule has 0 bridgehead atoms. The first-order valence-corrected chi connectivity index (χ1v) is 12.0. The molecule has 8 heteroatoms. The third-order valence-corrected chi connectivity index (χ3v) is 7.00. The molecule has 4 rings (SSSR count). The van der Waals surface area contributed by atoms with Crippen LogP contribution in [0.2, 0.25) is 0 Å². The Kier molecular flexibility index (Phi) is 7.49. The first-order chi connectivity index (χ1) is 16.0. The largest absolute Gasteiger partial charge is 0.348 e. The lowest BCUT2D eigenvalue weighted by molar-refractivity contribution is -0.384. The molecule has 2 aromatic carbocycles. The summed E-state index contributed by atoms with van der Waals surface area (Å²) in [6.07, 6.45) is 0. The molecule has 3 aromatic rings. The number of nitro benzene ring substituents is 1. The van der Waals surface area contributed by atoms with E-state index >= 15 is 0 Å². The minimum Gasteiger partial charge on any atom is -0.348 e. The maximum absolute atomic E-state index is 12.8. The number of carbonyl (C=O) groups is 1. The van der Waals surface area contributed by atoms with Crippen molar-refractivity contribution in [1.29, 1.82) is 0 Å². The zero-order chi connectivity index (χ0) is 23.2. The van der Waals surface area contributed by atoms with Gasteiger partial charge in [0.2, 0.25) is 0 Å². The van der Waals surface area contributed by atoms with E-state index in [0.717, 1.165) is 32.7 Å². The highest BCUT2D eigenvalue weighted by atomic mass is 32.1. The van der Waals surface area contributed by atoms with Crippen molar-refractivity contribution in [1.82, 2.24) is 15.1 Å². The highest BCUT2D eigenvalue weighted by molar-refractivity contribution is 7.10. The zero-order valence-corrected chi connectivity index (χ0v) is 19.4. The van der Waals surface area contributed by atoms with Gasteiger partial charge in [-0.15, -0.1) is 11.3 Å². The van der Waals surface area contributed by atoms with Gasteiger partial charge in [0.05, 0.1) is 11.0 Å². The summed E-state index contributed by atoms with van der Waals surface area (Å²) in [6.45, 7) is 6.77. The number of amides is 1. The van der Waals surface area contributed by atoms with Gasteiger partial charge in [-0.2, -0.15) is 0 Å². The summed E-state index contributed by atoms with van der Waals surface area (Å²) >= 11 is 1.70. The van der Waals surface area contributed by atoms with E-state index in [0.29, 0.717) is 5.56 Å². The second kappa shape index (κ2) is 10.7. The lowest BCUT2D eigenvalue weighted by Crippen LogP contribution is -2.52. The van der Waals surface area contributed by atoms with Gasteiger partial charge in [-0.25, -0.2) is 0 Å². The molecule has 1 N–H and O–H groups in total. The summed E-state index contributed by atoms with van der Waals surface area (Å²) in [6, 6.07) is 20.4. The Hall–Kier alpha value is -3.07. The maximum atomic E-state index is 12.8. The Morgan fingerprint density at radius 2 is 1.73 bits per heavy atom. The molecule has 0 spiro atoms. The van der Waals surface area contributed by atoms with Gasteiger partial charge in [-0.1, -0.05) is 36.4 Å². The van der Waals surface area contributed by atoms with Gasteiger partial charge in [0.15, 0.2) is 0 Å². The monoisotopic (exact) mass is 464 g/mol. The molecule has 0 unspecified atom stereocenters. The number of rotatable bonds is 8. The Balaban J connectivity index is 1.41. The topological polar surface area (TPSA) is 78.7 Å². The molecule has 1 fully saturated rings. The number of nitrogens with zero attached hydrogens (tertiary/aromatic N) is 3. The van der Waals surface area contributed by atoms with E-state index in [-0.39, 0.29) is 23.7 Å². The van der Waals surface area contributed by atoms with Crippen molar-refractivity contribution in [3.05, 3.63) is 98.2 Å². The van der Waals surface area contributed by atoms with Crippen molar-refractivity contribution in [3.63, 3.8) is 0 Å². The molecule has 1 amide bonds. The van der Waals surface area contributed by atoms with Crippen LogP contribution in [0.3, 0.4) is 0 Å². The quantitative estimate of drug-likeness (QED) is 0.396. The summed E-state index contributed by atoms with van der Waals surface area (Å²) in [4.78, 5) is 29.4. The standard InChI is InChI=1S/C25H28N4O3S/c1-19(26-25(30)21-9-11-22(12-10-21)29(31)32)24(23-8-5-17-33-23)28-15-13-27(14-16-28)18-20-6-3-2-4-7-20/h2-12,17,19,24H,13-16,18H2,1H3,(H,26,30)/t19-,24-/m0/s1. The lowest BCUT2D eigenvalue weighted by atomic mass is 10.0. The predicted octanol–water partition coefficient (Wildman–Crippen LogP) is 4.33. The minimum atomic E-state index is -0.464. The average Bonchev–Trinajstić information content (AvgIpc) is 3.35. The van der Waals surface area contributed by atoms with Crippen molar-refractivity contribution in [3.8, 4) is 0 Å². The number of benzene rings is 2. The summed E-state index contributed by atoms with van der Waals surface area (Å²) in [5, 5.41) is 16.1. The van der Waals surface area contributed by atoms with Gasteiger partial charge in [0.1, 0.15) is 0 Å². The van der Waals surface area contributed by atoms with Gasteiger partial charge in [-0.05, 0) is 36.1 Å². The lowest BCUT2D eigenvalue weighted by Gasteiger charge is -2.41. The van der Waals surface area contributed by atoms with E-state index in [4.69, 9.17) is 0 Å². The van der Waals surface area contributed by atoms with Crippen molar-refractivity contribution in [2.45, 2.75) is 25.6 Å². The van der Waals surface area contributed by atoms with Crippen LogP contribution in [0.1, 0.15) is 33.8 Å².